The lowest BCUT2D eigenvalue weighted by Gasteiger charge is -2.26. The molecule has 0 radical (unpaired) electrons. The molecular formula is C16H24BrNO. The number of benzene rings is 1. The average molecular weight is 326 g/mol. The van der Waals surface area contributed by atoms with Crippen molar-refractivity contribution in [3.63, 3.8) is 0 Å². The number of halogens is 1. The SMILES string of the molecule is CC1CCCC(CCNCc2cccc(Br)c2O)C1. The van der Waals surface area contributed by atoms with Crippen molar-refractivity contribution in [1.29, 1.82) is 0 Å². The molecule has 0 heterocycles. The van der Waals surface area contributed by atoms with E-state index in [4.69, 9.17) is 0 Å². The van der Waals surface area contributed by atoms with Gasteiger partial charge in [0.05, 0.1) is 4.47 Å². The summed E-state index contributed by atoms with van der Waals surface area (Å²) >= 11 is 3.35. The second-order valence-corrected chi connectivity index (χ2v) is 6.71. The van der Waals surface area contributed by atoms with E-state index in [1.165, 1.54) is 32.1 Å². The first-order valence-electron chi connectivity index (χ1n) is 7.34. The summed E-state index contributed by atoms with van der Waals surface area (Å²) in [5.41, 5.74) is 0.964. The first kappa shape index (κ1) is 14.9. The van der Waals surface area contributed by atoms with Crippen molar-refractivity contribution in [3.8, 4) is 5.75 Å². The second kappa shape index (κ2) is 7.30. The molecule has 1 aromatic rings. The summed E-state index contributed by atoms with van der Waals surface area (Å²) in [6, 6.07) is 5.79. The quantitative estimate of drug-likeness (QED) is 0.783. The molecule has 0 bridgehead atoms. The summed E-state index contributed by atoms with van der Waals surface area (Å²) in [5, 5.41) is 13.3. The Kier molecular flexibility index (Phi) is 5.71. The first-order valence-corrected chi connectivity index (χ1v) is 8.13. The third-order valence-corrected chi connectivity index (χ3v) is 4.80. The highest BCUT2D eigenvalue weighted by molar-refractivity contribution is 9.10. The molecule has 1 aliphatic rings. The molecule has 2 rings (SSSR count). The van der Waals surface area contributed by atoms with Crippen LogP contribution in [0.5, 0.6) is 5.75 Å². The van der Waals surface area contributed by atoms with Crippen LogP contribution in [0.2, 0.25) is 0 Å². The van der Waals surface area contributed by atoms with Crippen molar-refractivity contribution < 1.29 is 5.11 Å². The Morgan fingerprint density at radius 3 is 3.00 bits per heavy atom. The van der Waals surface area contributed by atoms with Crippen LogP contribution in [0.15, 0.2) is 22.7 Å². The van der Waals surface area contributed by atoms with E-state index in [1.54, 1.807) is 0 Å². The van der Waals surface area contributed by atoms with Crippen LogP contribution in [0, 0.1) is 11.8 Å². The number of hydrogen-bond acceptors (Lipinski definition) is 2. The topological polar surface area (TPSA) is 32.3 Å². The minimum Gasteiger partial charge on any atom is -0.506 e. The van der Waals surface area contributed by atoms with Crippen LogP contribution in [-0.4, -0.2) is 11.7 Å². The predicted molar refractivity (Wildman–Crippen MR) is 83.3 cm³/mol. The molecule has 0 spiro atoms. The monoisotopic (exact) mass is 325 g/mol. The summed E-state index contributed by atoms with van der Waals surface area (Å²) in [7, 11) is 0. The van der Waals surface area contributed by atoms with E-state index in [1.807, 2.05) is 18.2 Å². The lowest BCUT2D eigenvalue weighted by Crippen LogP contribution is -2.21. The molecule has 0 amide bonds. The van der Waals surface area contributed by atoms with Gasteiger partial charge in [0, 0.05) is 12.1 Å². The van der Waals surface area contributed by atoms with Gasteiger partial charge in [-0.3, -0.25) is 0 Å². The number of aromatic hydroxyl groups is 1. The normalized spacial score (nSPS) is 23.5. The van der Waals surface area contributed by atoms with Crippen molar-refractivity contribution >= 4 is 15.9 Å². The Morgan fingerprint density at radius 2 is 2.21 bits per heavy atom. The summed E-state index contributed by atoms with van der Waals surface area (Å²) in [6.07, 6.45) is 6.87. The van der Waals surface area contributed by atoms with Crippen LogP contribution in [0.25, 0.3) is 0 Å². The van der Waals surface area contributed by atoms with Crippen LogP contribution in [0.4, 0.5) is 0 Å². The Labute approximate surface area is 124 Å². The van der Waals surface area contributed by atoms with E-state index in [0.29, 0.717) is 5.75 Å². The zero-order valence-electron chi connectivity index (χ0n) is 11.7. The van der Waals surface area contributed by atoms with Crippen LogP contribution in [-0.2, 0) is 6.54 Å². The molecule has 0 saturated heterocycles. The maximum absolute atomic E-state index is 9.89. The summed E-state index contributed by atoms with van der Waals surface area (Å²) in [6.45, 7) is 4.16. The highest BCUT2D eigenvalue weighted by Gasteiger charge is 2.18. The molecule has 2 atom stereocenters. The van der Waals surface area contributed by atoms with Crippen molar-refractivity contribution in [2.24, 2.45) is 11.8 Å². The van der Waals surface area contributed by atoms with Gasteiger partial charge in [-0.25, -0.2) is 0 Å². The lowest BCUT2D eigenvalue weighted by atomic mass is 9.81. The first-order chi connectivity index (χ1) is 9.16. The van der Waals surface area contributed by atoms with Gasteiger partial charge in [0.15, 0.2) is 0 Å². The number of phenolic OH excluding ortho intramolecular Hbond substituents is 1. The Hall–Kier alpha value is -0.540. The van der Waals surface area contributed by atoms with E-state index in [9.17, 15) is 5.11 Å². The molecule has 0 aromatic heterocycles. The van der Waals surface area contributed by atoms with Gasteiger partial charge in [0.2, 0.25) is 0 Å². The molecule has 1 aromatic carbocycles. The van der Waals surface area contributed by atoms with Gasteiger partial charge < -0.3 is 10.4 Å². The highest BCUT2D eigenvalue weighted by atomic mass is 79.9. The third-order valence-electron chi connectivity index (χ3n) is 4.16. The molecule has 19 heavy (non-hydrogen) atoms. The fourth-order valence-corrected chi connectivity index (χ4v) is 3.46. The standard InChI is InChI=1S/C16H24BrNO/c1-12-4-2-5-13(10-12)8-9-18-11-14-6-3-7-15(17)16(14)19/h3,6-7,12-13,18-19H,2,4-5,8-11H2,1H3. The Balaban J connectivity index is 1.70. The number of nitrogens with one attached hydrogen (secondary N) is 1. The molecule has 1 saturated carbocycles. The molecule has 0 aliphatic heterocycles. The van der Waals surface area contributed by atoms with Gasteiger partial charge in [-0.15, -0.1) is 0 Å². The lowest BCUT2D eigenvalue weighted by molar-refractivity contribution is 0.267. The smallest absolute Gasteiger partial charge is 0.134 e. The number of phenols is 1. The molecule has 2 N–H and O–H groups in total. The van der Waals surface area contributed by atoms with E-state index >= 15 is 0 Å². The maximum atomic E-state index is 9.89. The van der Waals surface area contributed by atoms with Gasteiger partial charge >= 0.3 is 0 Å². The van der Waals surface area contributed by atoms with Crippen molar-refractivity contribution in [2.45, 2.75) is 45.6 Å². The van der Waals surface area contributed by atoms with Crippen molar-refractivity contribution in [3.05, 3.63) is 28.2 Å². The van der Waals surface area contributed by atoms with Crippen LogP contribution < -0.4 is 5.32 Å². The van der Waals surface area contributed by atoms with Gasteiger partial charge in [0.1, 0.15) is 5.75 Å². The largest absolute Gasteiger partial charge is 0.506 e. The maximum Gasteiger partial charge on any atom is 0.134 e. The van der Waals surface area contributed by atoms with Crippen LogP contribution in [0.3, 0.4) is 0 Å². The second-order valence-electron chi connectivity index (χ2n) is 5.85. The zero-order valence-corrected chi connectivity index (χ0v) is 13.2. The van der Waals surface area contributed by atoms with Gasteiger partial charge in [-0.05, 0) is 53.2 Å². The van der Waals surface area contributed by atoms with E-state index < -0.39 is 0 Å². The molecular weight excluding hydrogens is 302 g/mol. The van der Waals surface area contributed by atoms with Crippen molar-refractivity contribution in [1.82, 2.24) is 5.32 Å². The highest BCUT2D eigenvalue weighted by Crippen LogP contribution is 2.30. The molecule has 1 aliphatic carbocycles. The fraction of sp³-hybridized carbons (Fsp3) is 0.625. The minimum absolute atomic E-state index is 0.362. The van der Waals surface area contributed by atoms with Gasteiger partial charge in [0.25, 0.3) is 0 Å². The van der Waals surface area contributed by atoms with Crippen LogP contribution >= 0.6 is 15.9 Å². The Bertz CT molecular complexity index is 408. The minimum atomic E-state index is 0.362. The van der Waals surface area contributed by atoms with Crippen LogP contribution in [0.1, 0.15) is 44.6 Å². The summed E-state index contributed by atoms with van der Waals surface area (Å²) in [5.74, 6) is 2.17. The van der Waals surface area contributed by atoms with Gasteiger partial charge in [-0.2, -0.15) is 0 Å². The van der Waals surface area contributed by atoms with Crippen molar-refractivity contribution in [2.75, 3.05) is 6.54 Å². The zero-order chi connectivity index (χ0) is 13.7. The van der Waals surface area contributed by atoms with Gasteiger partial charge in [-0.1, -0.05) is 38.3 Å². The Morgan fingerprint density at radius 1 is 1.37 bits per heavy atom. The molecule has 1 fully saturated rings. The number of para-hydroxylation sites is 1. The van der Waals surface area contributed by atoms with E-state index in [0.717, 1.165) is 35.0 Å². The predicted octanol–water partition coefficient (Wildman–Crippen LogP) is 4.46. The summed E-state index contributed by atoms with van der Waals surface area (Å²) < 4.78 is 0.771. The third kappa shape index (κ3) is 4.50. The molecule has 106 valence electrons. The molecule has 2 nitrogen and oxygen atoms in total. The average Bonchev–Trinajstić information content (AvgIpc) is 2.39. The summed E-state index contributed by atoms with van der Waals surface area (Å²) in [4.78, 5) is 0. The number of hydrogen-bond donors (Lipinski definition) is 2. The van der Waals surface area contributed by atoms with E-state index in [2.05, 4.69) is 28.2 Å². The number of rotatable bonds is 5. The fourth-order valence-electron chi connectivity index (χ4n) is 3.05. The molecule has 2 unspecified atom stereocenters. The van der Waals surface area contributed by atoms with E-state index in [-0.39, 0.29) is 0 Å². The molecule has 3 heteroatoms.